The summed E-state index contributed by atoms with van der Waals surface area (Å²) in [4.78, 5) is 42.5. The molecule has 2 rings (SSSR count). The largest absolute Gasteiger partial charge is 0.352 e. The van der Waals surface area contributed by atoms with Crippen molar-refractivity contribution in [3.63, 3.8) is 0 Å². The Balaban J connectivity index is 1.97. The van der Waals surface area contributed by atoms with E-state index >= 15 is 0 Å². The van der Waals surface area contributed by atoms with Gasteiger partial charge in [0.2, 0.25) is 11.8 Å². The average molecular weight is 386 g/mol. The molecule has 0 spiro atoms. The number of carbonyl (C=O) groups excluding carboxylic acids is 2. The lowest BCUT2D eigenvalue weighted by atomic mass is 10.1. The smallest absolute Gasteiger partial charge is 0.251 e. The average Bonchev–Trinajstić information content (AvgIpc) is 2.61. The molecule has 8 heteroatoms. The molecule has 3 N–H and O–H groups in total. The number of hydrogen-bond donors (Lipinski definition) is 3. The third kappa shape index (κ3) is 6.41. The molecule has 0 saturated carbocycles. The number of anilines is 1. The molecular formula is C19H22N4O3S. The van der Waals surface area contributed by atoms with E-state index in [-0.39, 0.29) is 29.5 Å². The number of thioether (sulfide) groups is 1. The Morgan fingerprint density at radius 1 is 1.30 bits per heavy atom. The van der Waals surface area contributed by atoms with Crippen molar-refractivity contribution < 1.29 is 9.59 Å². The van der Waals surface area contributed by atoms with Crippen LogP contribution in [0.5, 0.6) is 0 Å². The molecule has 0 saturated heterocycles. The fraction of sp³-hybridized carbons (Fsp3) is 0.263. The number of amides is 2. The maximum Gasteiger partial charge on any atom is 0.251 e. The van der Waals surface area contributed by atoms with Gasteiger partial charge in [0.15, 0.2) is 5.16 Å². The predicted molar refractivity (Wildman–Crippen MR) is 107 cm³/mol. The minimum Gasteiger partial charge on any atom is -0.352 e. The van der Waals surface area contributed by atoms with Crippen molar-refractivity contribution in [3.05, 3.63) is 64.1 Å². The van der Waals surface area contributed by atoms with Gasteiger partial charge in [-0.05, 0) is 31.0 Å². The third-order valence-corrected chi connectivity index (χ3v) is 4.65. The lowest BCUT2D eigenvalue weighted by Crippen LogP contribution is -2.26. The highest BCUT2D eigenvalue weighted by molar-refractivity contribution is 7.99. The second-order valence-corrected chi connectivity index (χ2v) is 6.86. The number of hydrogen-bond acceptors (Lipinski definition) is 5. The summed E-state index contributed by atoms with van der Waals surface area (Å²) in [7, 11) is 0. The topological polar surface area (TPSA) is 104 Å². The normalized spacial score (nSPS) is 10.3. The van der Waals surface area contributed by atoms with Gasteiger partial charge in [-0.1, -0.05) is 30.0 Å². The molecule has 0 aliphatic heterocycles. The van der Waals surface area contributed by atoms with Gasteiger partial charge in [0.05, 0.1) is 17.9 Å². The summed E-state index contributed by atoms with van der Waals surface area (Å²) < 4.78 is 0. The number of nitrogens with zero attached hydrogens (tertiary/aromatic N) is 1. The Hall–Kier alpha value is -2.87. The first kappa shape index (κ1) is 20.4. The van der Waals surface area contributed by atoms with Crippen molar-refractivity contribution in [1.82, 2.24) is 15.3 Å². The molecule has 0 aliphatic carbocycles. The summed E-state index contributed by atoms with van der Waals surface area (Å²) in [5.41, 5.74) is 2.84. The van der Waals surface area contributed by atoms with Crippen LogP contribution in [0.25, 0.3) is 0 Å². The Bertz CT molecular complexity index is 908. The minimum atomic E-state index is -0.367. The molecule has 0 fully saturated rings. The number of aromatic amines is 1. The van der Waals surface area contributed by atoms with Crippen molar-refractivity contribution in [1.29, 1.82) is 0 Å². The van der Waals surface area contributed by atoms with Crippen molar-refractivity contribution in [2.75, 3.05) is 17.6 Å². The van der Waals surface area contributed by atoms with Crippen LogP contribution in [0.2, 0.25) is 0 Å². The number of aryl methyl sites for hydroxylation is 1. The number of rotatable bonds is 8. The Labute approximate surface area is 161 Å². The van der Waals surface area contributed by atoms with Crippen molar-refractivity contribution in [2.24, 2.45) is 0 Å². The van der Waals surface area contributed by atoms with Gasteiger partial charge in [0.1, 0.15) is 0 Å². The monoisotopic (exact) mass is 386 g/mol. The van der Waals surface area contributed by atoms with Gasteiger partial charge in [-0.2, -0.15) is 0 Å². The van der Waals surface area contributed by atoms with Crippen molar-refractivity contribution in [2.45, 2.75) is 25.4 Å². The van der Waals surface area contributed by atoms with E-state index in [1.807, 2.05) is 32.0 Å². The first-order valence-electron chi connectivity index (χ1n) is 8.35. The molecule has 0 unspecified atom stereocenters. The molecule has 0 aliphatic rings. The summed E-state index contributed by atoms with van der Waals surface area (Å²) in [5, 5.41) is 5.78. The van der Waals surface area contributed by atoms with Crippen LogP contribution in [-0.4, -0.2) is 34.1 Å². The molecular weight excluding hydrogens is 364 g/mol. The number of benzene rings is 1. The van der Waals surface area contributed by atoms with Gasteiger partial charge in [0.25, 0.3) is 5.56 Å². The molecule has 27 heavy (non-hydrogen) atoms. The van der Waals surface area contributed by atoms with Crippen LogP contribution in [0.1, 0.15) is 16.8 Å². The van der Waals surface area contributed by atoms with E-state index < -0.39 is 0 Å². The molecule has 7 nitrogen and oxygen atoms in total. The van der Waals surface area contributed by atoms with Gasteiger partial charge >= 0.3 is 0 Å². The van der Waals surface area contributed by atoms with Crippen LogP contribution in [0.4, 0.5) is 5.69 Å². The van der Waals surface area contributed by atoms with Crippen LogP contribution in [0.3, 0.4) is 0 Å². The lowest BCUT2D eigenvalue weighted by Gasteiger charge is -2.10. The number of nitrogens with one attached hydrogen (secondary N) is 3. The molecule has 0 atom stereocenters. The van der Waals surface area contributed by atoms with Crippen LogP contribution < -0.4 is 16.2 Å². The first-order chi connectivity index (χ1) is 12.9. The van der Waals surface area contributed by atoms with E-state index in [9.17, 15) is 14.4 Å². The summed E-state index contributed by atoms with van der Waals surface area (Å²) in [5.74, 6) is -0.371. The molecule has 142 valence electrons. The second-order valence-electron chi connectivity index (χ2n) is 5.90. The van der Waals surface area contributed by atoms with Crippen LogP contribution >= 0.6 is 11.8 Å². The number of H-pyrrole nitrogens is 1. The SMILES string of the molecule is C=CCNC(=O)Cc1cc(=O)[nH]c(SCC(=O)Nc2cccc(C)c2C)n1. The van der Waals surface area contributed by atoms with Crippen LogP contribution in [0, 0.1) is 13.8 Å². The first-order valence-corrected chi connectivity index (χ1v) is 9.34. The van der Waals surface area contributed by atoms with E-state index in [0.717, 1.165) is 28.6 Å². The molecule has 1 aromatic heterocycles. The highest BCUT2D eigenvalue weighted by atomic mass is 32.2. The Morgan fingerprint density at radius 3 is 2.81 bits per heavy atom. The Morgan fingerprint density at radius 2 is 2.07 bits per heavy atom. The maximum absolute atomic E-state index is 12.2. The highest BCUT2D eigenvalue weighted by Gasteiger charge is 2.10. The summed E-state index contributed by atoms with van der Waals surface area (Å²) in [6, 6.07) is 6.97. The molecule has 0 bridgehead atoms. The lowest BCUT2D eigenvalue weighted by molar-refractivity contribution is -0.120. The standard InChI is InChI=1S/C19H22N4O3S/c1-4-8-20-16(24)9-14-10-17(25)23-19(21-14)27-11-18(26)22-15-7-5-6-12(2)13(15)3/h4-7,10H,1,8-9,11H2,2-3H3,(H,20,24)(H,22,26)(H,21,23,25). The van der Waals surface area contributed by atoms with Gasteiger partial charge in [0, 0.05) is 18.3 Å². The second kappa shape index (κ2) is 9.72. The fourth-order valence-corrected chi connectivity index (χ4v) is 2.96. The number of carbonyl (C=O) groups is 2. The molecule has 2 amide bonds. The van der Waals surface area contributed by atoms with Gasteiger partial charge in [-0.15, -0.1) is 6.58 Å². The van der Waals surface area contributed by atoms with Crippen molar-refractivity contribution in [3.8, 4) is 0 Å². The minimum absolute atomic E-state index is 0.0139. The predicted octanol–water partition coefficient (Wildman–Crippen LogP) is 1.96. The quantitative estimate of drug-likeness (QED) is 0.366. The molecule has 1 aromatic carbocycles. The van der Waals surface area contributed by atoms with E-state index in [0.29, 0.717) is 17.4 Å². The van der Waals surface area contributed by atoms with Crippen LogP contribution in [-0.2, 0) is 16.0 Å². The number of aromatic nitrogens is 2. The van der Waals surface area contributed by atoms with Crippen molar-refractivity contribution >= 4 is 29.3 Å². The van der Waals surface area contributed by atoms with E-state index in [1.54, 1.807) is 6.08 Å². The highest BCUT2D eigenvalue weighted by Crippen LogP contribution is 2.19. The Kier molecular flexibility index (Phi) is 7.36. The maximum atomic E-state index is 12.2. The van der Waals surface area contributed by atoms with E-state index in [4.69, 9.17) is 0 Å². The zero-order chi connectivity index (χ0) is 19.8. The van der Waals surface area contributed by atoms with Crippen LogP contribution in [0.15, 0.2) is 46.9 Å². The van der Waals surface area contributed by atoms with E-state index in [2.05, 4.69) is 27.2 Å². The third-order valence-electron chi connectivity index (χ3n) is 3.78. The zero-order valence-electron chi connectivity index (χ0n) is 15.3. The van der Waals surface area contributed by atoms with E-state index in [1.165, 1.54) is 6.07 Å². The molecule has 1 heterocycles. The van der Waals surface area contributed by atoms with Gasteiger partial charge < -0.3 is 15.6 Å². The van der Waals surface area contributed by atoms with Gasteiger partial charge in [-0.25, -0.2) is 4.98 Å². The summed E-state index contributed by atoms with van der Waals surface area (Å²) in [6.45, 7) is 7.79. The zero-order valence-corrected chi connectivity index (χ0v) is 16.1. The summed E-state index contributed by atoms with van der Waals surface area (Å²) >= 11 is 1.10. The summed E-state index contributed by atoms with van der Waals surface area (Å²) in [6.07, 6.45) is 1.55. The fourth-order valence-electron chi connectivity index (χ4n) is 2.26. The molecule has 0 radical (unpaired) electrons. The van der Waals surface area contributed by atoms with Gasteiger partial charge in [-0.3, -0.25) is 14.4 Å². The molecule has 2 aromatic rings.